The number of carbonyl (C=O) groups excluding carboxylic acids is 1. The summed E-state index contributed by atoms with van der Waals surface area (Å²) in [5, 5.41) is 3.35. The number of nitrogens with one attached hydrogen (secondary N) is 1. The molecule has 0 bridgehead atoms. The lowest BCUT2D eigenvalue weighted by Crippen LogP contribution is -2.48. The van der Waals surface area contributed by atoms with Crippen LogP contribution in [0.25, 0.3) is 0 Å². The van der Waals surface area contributed by atoms with Crippen LogP contribution in [-0.4, -0.2) is 43.2 Å². The first-order chi connectivity index (χ1) is 17.4. The normalized spacial score (nSPS) is 17.9. The van der Waals surface area contributed by atoms with Gasteiger partial charge in [0, 0.05) is 12.3 Å². The average Bonchev–Trinajstić information content (AvgIpc) is 3.36. The van der Waals surface area contributed by atoms with Crippen LogP contribution in [0.4, 0.5) is 0 Å². The van der Waals surface area contributed by atoms with E-state index in [4.69, 9.17) is 0 Å². The maximum absolute atomic E-state index is 13.0. The number of unbranched alkanes of at least 4 members (excludes halogenated alkanes) is 15. The largest absolute Gasteiger partial charge is 0.290 e. The van der Waals surface area contributed by atoms with Gasteiger partial charge in [-0.05, 0) is 12.0 Å². The van der Waals surface area contributed by atoms with Gasteiger partial charge in [-0.1, -0.05) is 134 Å². The molecule has 1 fully saturated rings. The summed E-state index contributed by atoms with van der Waals surface area (Å²) in [5.41, 5.74) is 1.11. The van der Waals surface area contributed by atoms with Crippen molar-refractivity contribution in [3.63, 3.8) is 0 Å². The Balaban J connectivity index is 1.53. The molecule has 1 aromatic rings. The average molecular weight is 539 g/mol. The molecule has 0 aliphatic carbocycles. The predicted octanol–water partition coefficient (Wildman–Crippen LogP) is 7.44. The van der Waals surface area contributed by atoms with Crippen molar-refractivity contribution in [2.24, 2.45) is 0 Å². The van der Waals surface area contributed by atoms with Crippen molar-refractivity contribution in [1.29, 1.82) is 0 Å². The highest BCUT2D eigenvalue weighted by atomic mass is 32.2. The number of hydrogen-bond acceptors (Lipinski definition) is 5. The molecule has 206 valence electrons. The van der Waals surface area contributed by atoms with Gasteiger partial charge in [-0.2, -0.15) is 0 Å². The number of benzene rings is 1. The van der Waals surface area contributed by atoms with E-state index < -0.39 is 16.1 Å². The van der Waals surface area contributed by atoms with E-state index in [-0.39, 0.29) is 17.8 Å². The predicted molar refractivity (Wildman–Crippen MR) is 155 cm³/mol. The summed E-state index contributed by atoms with van der Waals surface area (Å²) in [6, 6.07) is 9.52. The Hall–Kier alpha value is -1.05. The third-order valence-electron chi connectivity index (χ3n) is 7.04. The molecule has 1 aliphatic rings. The van der Waals surface area contributed by atoms with Gasteiger partial charge in [-0.15, -0.1) is 11.8 Å². The first-order valence-electron chi connectivity index (χ1n) is 14.4. The van der Waals surface area contributed by atoms with Crippen LogP contribution in [0, 0.1) is 0 Å². The van der Waals surface area contributed by atoms with Crippen LogP contribution in [-0.2, 0) is 14.8 Å². The molecule has 0 spiro atoms. The lowest BCUT2D eigenvalue weighted by molar-refractivity contribution is -0.128. The molecular weight excluding hydrogens is 488 g/mol. The first kappa shape index (κ1) is 31.2. The summed E-state index contributed by atoms with van der Waals surface area (Å²) in [6.07, 6.45) is 21.5. The molecule has 5 nitrogen and oxygen atoms in total. The summed E-state index contributed by atoms with van der Waals surface area (Å²) in [6.45, 7) is 2.56. The van der Waals surface area contributed by atoms with E-state index in [0.717, 1.165) is 35.4 Å². The molecule has 0 radical (unpaired) electrons. The van der Waals surface area contributed by atoms with Gasteiger partial charge in [0.25, 0.3) is 5.91 Å². The molecule has 1 aromatic carbocycles. The summed E-state index contributed by atoms with van der Waals surface area (Å²) in [5.74, 6) is 0.271. The van der Waals surface area contributed by atoms with E-state index >= 15 is 0 Å². The Labute approximate surface area is 225 Å². The molecule has 1 unspecified atom stereocenters. The van der Waals surface area contributed by atoms with Crippen molar-refractivity contribution in [1.82, 2.24) is 9.62 Å². The highest BCUT2D eigenvalue weighted by Gasteiger charge is 2.36. The standard InChI is InChI=1S/C29H50N2O3S2/c1-3-4-5-6-7-8-9-10-11-12-13-14-15-16-17-21-24-31(36(2,33)34)29(32)27-25-35-28(30-27)26-22-19-18-20-23-26/h18-20,22-23,27-28,30H,3-17,21,24-25H2,1-2H3/t27-,28?/m0/s1. The highest BCUT2D eigenvalue weighted by Crippen LogP contribution is 2.33. The van der Waals surface area contributed by atoms with Crippen LogP contribution >= 0.6 is 11.8 Å². The number of rotatable bonds is 20. The number of amides is 1. The number of carbonyl (C=O) groups is 1. The third-order valence-corrected chi connectivity index (χ3v) is 9.47. The van der Waals surface area contributed by atoms with Crippen LogP contribution in [0.15, 0.2) is 30.3 Å². The van der Waals surface area contributed by atoms with Crippen molar-refractivity contribution in [2.75, 3.05) is 18.6 Å². The van der Waals surface area contributed by atoms with E-state index in [9.17, 15) is 13.2 Å². The summed E-state index contributed by atoms with van der Waals surface area (Å²) in [7, 11) is -3.57. The summed E-state index contributed by atoms with van der Waals surface area (Å²) >= 11 is 1.66. The molecule has 7 heteroatoms. The Kier molecular flexibility index (Phi) is 15.8. The molecule has 0 aromatic heterocycles. The zero-order valence-electron chi connectivity index (χ0n) is 22.8. The summed E-state index contributed by atoms with van der Waals surface area (Å²) < 4.78 is 25.8. The van der Waals surface area contributed by atoms with Gasteiger partial charge in [-0.25, -0.2) is 12.7 Å². The molecular formula is C29H50N2O3S2. The lowest BCUT2D eigenvalue weighted by Gasteiger charge is -2.24. The molecule has 1 heterocycles. The number of thioether (sulfide) groups is 1. The first-order valence-corrected chi connectivity index (χ1v) is 17.3. The van der Waals surface area contributed by atoms with Crippen molar-refractivity contribution >= 4 is 27.7 Å². The second-order valence-electron chi connectivity index (χ2n) is 10.3. The van der Waals surface area contributed by atoms with Crippen LogP contribution in [0.1, 0.15) is 121 Å². The minimum Gasteiger partial charge on any atom is -0.290 e. The van der Waals surface area contributed by atoms with Gasteiger partial charge in [0.15, 0.2) is 0 Å². The van der Waals surface area contributed by atoms with Gasteiger partial charge in [0.1, 0.15) is 0 Å². The van der Waals surface area contributed by atoms with E-state index in [0.29, 0.717) is 5.75 Å². The van der Waals surface area contributed by atoms with Gasteiger partial charge < -0.3 is 0 Å². The van der Waals surface area contributed by atoms with Crippen molar-refractivity contribution in [3.8, 4) is 0 Å². The van der Waals surface area contributed by atoms with Crippen LogP contribution in [0.5, 0.6) is 0 Å². The minimum absolute atomic E-state index is 0.0251. The SMILES string of the molecule is CCCCCCCCCCCCCCCCCCN(C(=O)[C@@H]1CSC(c2ccccc2)N1)S(C)(=O)=O. The van der Waals surface area contributed by atoms with Crippen molar-refractivity contribution in [3.05, 3.63) is 35.9 Å². The maximum atomic E-state index is 13.0. The molecule has 1 saturated heterocycles. The number of nitrogens with zero attached hydrogens (tertiary/aromatic N) is 1. The van der Waals surface area contributed by atoms with E-state index in [1.165, 1.54) is 83.5 Å². The summed E-state index contributed by atoms with van der Waals surface area (Å²) in [4.78, 5) is 13.0. The number of hydrogen-bond donors (Lipinski definition) is 1. The quantitative estimate of drug-likeness (QED) is 0.175. The van der Waals surface area contributed by atoms with Crippen molar-refractivity contribution in [2.45, 2.75) is 121 Å². The lowest BCUT2D eigenvalue weighted by atomic mass is 10.0. The Bertz CT molecular complexity index is 817. The Morgan fingerprint density at radius 1 is 0.833 bits per heavy atom. The van der Waals surface area contributed by atoms with E-state index in [1.807, 2.05) is 30.3 Å². The monoisotopic (exact) mass is 538 g/mol. The fourth-order valence-electron chi connectivity index (χ4n) is 4.85. The van der Waals surface area contributed by atoms with Crippen molar-refractivity contribution < 1.29 is 13.2 Å². The smallest absolute Gasteiger partial charge is 0.254 e. The molecule has 2 atom stereocenters. The molecule has 2 rings (SSSR count). The molecule has 0 saturated carbocycles. The second kappa shape index (κ2) is 18.2. The van der Waals surface area contributed by atoms with E-state index in [1.54, 1.807) is 11.8 Å². The Morgan fingerprint density at radius 3 is 1.78 bits per heavy atom. The van der Waals surface area contributed by atoms with Gasteiger partial charge in [0.2, 0.25) is 10.0 Å². The highest BCUT2D eigenvalue weighted by molar-refractivity contribution is 7.99. The minimum atomic E-state index is -3.57. The fourth-order valence-corrected chi connectivity index (χ4v) is 7.00. The molecule has 1 N–H and O–H groups in total. The molecule has 1 aliphatic heterocycles. The zero-order valence-corrected chi connectivity index (χ0v) is 24.4. The van der Waals surface area contributed by atoms with Crippen LogP contribution in [0.2, 0.25) is 0 Å². The molecule has 1 amide bonds. The van der Waals surface area contributed by atoms with Gasteiger partial charge >= 0.3 is 0 Å². The zero-order chi connectivity index (χ0) is 26.1. The van der Waals surface area contributed by atoms with Crippen LogP contribution in [0.3, 0.4) is 0 Å². The van der Waals surface area contributed by atoms with E-state index in [2.05, 4.69) is 12.2 Å². The van der Waals surface area contributed by atoms with Gasteiger partial charge in [-0.3, -0.25) is 10.1 Å². The van der Waals surface area contributed by atoms with Crippen LogP contribution < -0.4 is 5.32 Å². The Morgan fingerprint density at radius 2 is 1.31 bits per heavy atom. The fraction of sp³-hybridized carbons (Fsp3) is 0.759. The second-order valence-corrected chi connectivity index (χ2v) is 13.4. The topological polar surface area (TPSA) is 66.5 Å². The maximum Gasteiger partial charge on any atom is 0.254 e. The number of sulfonamides is 1. The third kappa shape index (κ3) is 12.5. The molecule has 36 heavy (non-hydrogen) atoms. The van der Waals surface area contributed by atoms with Gasteiger partial charge in [0.05, 0.1) is 17.7 Å².